The van der Waals surface area contributed by atoms with Crippen molar-refractivity contribution >= 4 is 5.78 Å². The smallest absolute Gasteiger partial charge is 0.214 e. The molecule has 0 N–H and O–H groups in total. The molecule has 1 aliphatic carbocycles. The molecular weight excluding hydrogens is 222 g/mol. The van der Waals surface area contributed by atoms with Crippen molar-refractivity contribution in [2.75, 3.05) is 6.54 Å². The Balaban J connectivity index is 2.20. The number of nitro groups is 1. The predicted molar refractivity (Wildman–Crippen MR) is 60.3 cm³/mol. The number of carbonyl (C=O) groups excluding carboxylic acids is 1. The molecule has 2 atom stereocenters. The van der Waals surface area contributed by atoms with E-state index in [2.05, 4.69) is 0 Å². The van der Waals surface area contributed by atoms with E-state index in [4.69, 9.17) is 4.42 Å². The second kappa shape index (κ2) is 5.12. The predicted octanol–water partition coefficient (Wildman–Crippen LogP) is 2.40. The van der Waals surface area contributed by atoms with Gasteiger partial charge in [0, 0.05) is 17.3 Å². The number of nitrogens with zero attached hydrogens (tertiary/aromatic N) is 1. The van der Waals surface area contributed by atoms with E-state index in [1.54, 1.807) is 12.1 Å². The standard InChI is InChI=1S/C12H15NO4/c14-11-5-2-1-4-9(11)10(8-13(15)16)12-6-3-7-17-12/h3,6-7,9-10H,1-2,4-5,8H2/t9?,10-/m0/s1. The van der Waals surface area contributed by atoms with Gasteiger partial charge in [0.2, 0.25) is 6.54 Å². The lowest BCUT2D eigenvalue weighted by Crippen LogP contribution is -2.29. The van der Waals surface area contributed by atoms with Crippen LogP contribution in [0.25, 0.3) is 0 Å². The summed E-state index contributed by atoms with van der Waals surface area (Å²) >= 11 is 0. The van der Waals surface area contributed by atoms with E-state index in [1.807, 2.05) is 0 Å². The van der Waals surface area contributed by atoms with E-state index >= 15 is 0 Å². The first kappa shape index (κ1) is 11.8. The molecule has 5 nitrogen and oxygen atoms in total. The minimum atomic E-state index is -0.409. The molecule has 1 unspecified atom stereocenters. The Bertz CT molecular complexity index is 399. The van der Waals surface area contributed by atoms with Gasteiger partial charge in [0.25, 0.3) is 0 Å². The summed E-state index contributed by atoms with van der Waals surface area (Å²) in [6.45, 7) is -0.232. The van der Waals surface area contributed by atoms with Crippen molar-refractivity contribution in [3.63, 3.8) is 0 Å². The fourth-order valence-electron chi connectivity index (χ4n) is 2.51. The fraction of sp³-hybridized carbons (Fsp3) is 0.583. The summed E-state index contributed by atoms with van der Waals surface area (Å²) in [5, 5.41) is 10.7. The Morgan fingerprint density at radius 2 is 2.35 bits per heavy atom. The maximum atomic E-state index is 11.8. The first-order valence-corrected chi connectivity index (χ1v) is 5.86. The van der Waals surface area contributed by atoms with E-state index in [0.29, 0.717) is 12.2 Å². The van der Waals surface area contributed by atoms with Crippen LogP contribution in [0.2, 0.25) is 0 Å². The van der Waals surface area contributed by atoms with E-state index in [0.717, 1.165) is 19.3 Å². The van der Waals surface area contributed by atoms with Crippen molar-refractivity contribution in [1.29, 1.82) is 0 Å². The van der Waals surface area contributed by atoms with Gasteiger partial charge in [-0.1, -0.05) is 6.42 Å². The molecule has 0 aromatic carbocycles. The average molecular weight is 237 g/mol. The van der Waals surface area contributed by atoms with E-state index in [1.165, 1.54) is 6.26 Å². The Morgan fingerprint density at radius 3 is 2.94 bits per heavy atom. The number of ketones is 1. The summed E-state index contributed by atoms with van der Waals surface area (Å²) in [4.78, 5) is 22.2. The van der Waals surface area contributed by atoms with Gasteiger partial charge in [-0.25, -0.2) is 0 Å². The van der Waals surface area contributed by atoms with Crippen LogP contribution in [-0.2, 0) is 4.79 Å². The first-order chi connectivity index (χ1) is 8.18. The minimum Gasteiger partial charge on any atom is -0.469 e. The zero-order valence-corrected chi connectivity index (χ0v) is 9.50. The van der Waals surface area contributed by atoms with Gasteiger partial charge < -0.3 is 4.42 Å². The number of hydrogen-bond acceptors (Lipinski definition) is 4. The highest BCUT2D eigenvalue weighted by Gasteiger charge is 2.36. The topological polar surface area (TPSA) is 73.3 Å². The van der Waals surface area contributed by atoms with Gasteiger partial charge in [-0.05, 0) is 25.0 Å². The Kier molecular flexibility index (Phi) is 3.56. The summed E-state index contributed by atoms with van der Waals surface area (Å²) in [5.74, 6) is 0.0366. The van der Waals surface area contributed by atoms with Gasteiger partial charge in [0.1, 0.15) is 11.5 Å². The van der Waals surface area contributed by atoms with Crippen LogP contribution in [0.3, 0.4) is 0 Å². The molecule has 0 aliphatic heterocycles. The summed E-state index contributed by atoms with van der Waals surface area (Å²) in [5.41, 5.74) is 0. The van der Waals surface area contributed by atoms with Crippen molar-refractivity contribution in [2.24, 2.45) is 5.92 Å². The lowest BCUT2D eigenvalue weighted by atomic mass is 9.78. The van der Waals surface area contributed by atoms with Gasteiger partial charge in [0.05, 0.1) is 12.2 Å². The molecule has 0 bridgehead atoms. The molecule has 1 aromatic rings. The van der Waals surface area contributed by atoms with Crippen LogP contribution in [0.15, 0.2) is 22.8 Å². The quantitative estimate of drug-likeness (QED) is 0.595. The third-order valence-electron chi connectivity index (χ3n) is 3.34. The van der Waals surface area contributed by atoms with Crippen molar-refractivity contribution in [3.8, 4) is 0 Å². The highest BCUT2D eigenvalue weighted by atomic mass is 16.6. The zero-order valence-electron chi connectivity index (χ0n) is 9.50. The van der Waals surface area contributed by atoms with Crippen LogP contribution >= 0.6 is 0 Å². The van der Waals surface area contributed by atoms with Crippen molar-refractivity contribution < 1.29 is 14.1 Å². The van der Waals surface area contributed by atoms with Crippen LogP contribution in [-0.4, -0.2) is 17.3 Å². The van der Waals surface area contributed by atoms with Crippen LogP contribution < -0.4 is 0 Å². The van der Waals surface area contributed by atoms with Crippen LogP contribution in [0.1, 0.15) is 37.4 Å². The summed E-state index contributed by atoms with van der Waals surface area (Å²) in [6, 6.07) is 3.42. The number of Topliss-reactive ketones (excluding diaryl/α,β-unsaturated/α-hetero) is 1. The zero-order chi connectivity index (χ0) is 12.3. The molecule has 0 spiro atoms. The molecule has 1 aliphatic rings. The van der Waals surface area contributed by atoms with Gasteiger partial charge in [-0.3, -0.25) is 14.9 Å². The monoisotopic (exact) mass is 237 g/mol. The summed E-state index contributed by atoms with van der Waals surface area (Å²) in [6.07, 6.45) is 4.64. The lowest BCUT2D eigenvalue weighted by Gasteiger charge is -2.25. The van der Waals surface area contributed by atoms with Crippen LogP contribution in [0.5, 0.6) is 0 Å². The van der Waals surface area contributed by atoms with E-state index in [9.17, 15) is 14.9 Å². The van der Waals surface area contributed by atoms with Crippen LogP contribution in [0.4, 0.5) is 0 Å². The fourth-order valence-corrected chi connectivity index (χ4v) is 2.51. The number of carbonyl (C=O) groups is 1. The molecule has 1 heterocycles. The highest BCUT2D eigenvalue weighted by molar-refractivity contribution is 5.82. The average Bonchev–Trinajstić information content (AvgIpc) is 2.80. The van der Waals surface area contributed by atoms with Crippen molar-refractivity contribution in [1.82, 2.24) is 0 Å². The van der Waals surface area contributed by atoms with Gasteiger partial charge in [-0.2, -0.15) is 0 Å². The number of furan rings is 1. The third kappa shape index (κ3) is 2.72. The largest absolute Gasteiger partial charge is 0.469 e. The SMILES string of the molecule is O=C1CCCCC1[C@H](C[N+](=O)[O-])c1ccco1. The van der Waals surface area contributed by atoms with Gasteiger partial charge in [-0.15, -0.1) is 0 Å². The Morgan fingerprint density at radius 1 is 1.53 bits per heavy atom. The first-order valence-electron chi connectivity index (χ1n) is 5.86. The molecule has 2 rings (SSSR count). The molecule has 5 heteroatoms. The van der Waals surface area contributed by atoms with Crippen molar-refractivity contribution in [2.45, 2.75) is 31.6 Å². The summed E-state index contributed by atoms with van der Waals surface area (Å²) < 4.78 is 5.24. The maximum Gasteiger partial charge on any atom is 0.214 e. The Labute approximate surface area is 99.0 Å². The third-order valence-corrected chi connectivity index (χ3v) is 3.34. The number of hydrogen-bond donors (Lipinski definition) is 0. The normalized spacial score (nSPS) is 22.4. The summed E-state index contributed by atoms with van der Waals surface area (Å²) in [7, 11) is 0. The number of rotatable bonds is 4. The van der Waals surface area contributed by atoms with Gasteiger partial charge in [0.15, 0.2) is 0 Å². The molecule has 0 amide bonds. The molecule has 1 fully saturated rings. The molecule has 0 radical (unpaired) electrons. The van der Waals surface area contributed by atoms with Gasteiger partial charge >= 0.3 is 0 Å². The molecule has 1 saturated carbocycles. The van der Waals surface area contributed by atoms with Crippen LogP contribution in [0, 0.1) is 16.0 Å². The molecule has 0 saturated heterocycles. The second-order valence-electron chi connectivity index (χ2n) is 4.46. The maximum absolute atomic E-state index is 11.8. The van der Waals surface area contributed by atoms with E-state index < -0.39 is 5.92 Å². The second-order valence-corrected chi connectivity index (χ2v) is 4.46. The molecular formula is C12H15NO4. The molecule has 92 valence electrons. The van der Waals surface area contributed by atoms with Crippen molar-refractivity contribution in [3.05, 3.63) is 34.3 Å². The minimum absolute atomic E-state index is 0.138. The highest BCUT2D eigenvalue weighted by Crippen LogP contribution is 2.34. The Hall–Kier alpha value is -1.65. The molecule has 1 aromatic heterocycles. The van der Waals surface area contributed by atoms with E-state index in [-0.39, 0.29) is 23.2 Å². The molecule has 17 heavy (non-hydrogen) atoms. The lowest BCUT2D eigenvalue weighted by molar-refractivity contribution is -0.485.